The molecule has 1 unspecified atom stereocenters. The molecule has 0 saturated carbocycles. The van der Waals surface area contributed by atoms with E-state index < -0.39 is 5.54 Å². The highest BCUT2D eigenvalue weighted by molar-refractivity contribution is 5.96. The molecule has 7 aromatic rings. The van der Waals surface area contributed by atoms with Gasteiger partial charge in [-0.25, -0.2) is 14.5 Å². The zero-order chi connectivity index (χ0) is 31.5. The van der Waals surface area contributed by atoms with E-state index >= 15 is 0 Å². The average molecular weight is 604 g/mol. The van der Waals surface area contributed by atoms with Crippen molar-refractivity contribution in [3.05, 3.63) is 168 Å². The molecule has 0 saturated heterocycles. The van der Waals surface area contributed by atoms with Gasteiger partial charge in [-0.1, -0.05) is 121 Å². The van der Waals surface area contributed by atoms with Gasteiger partial charge in [-0.3, -0.25) is 10.00 Å². The molecule has 1 atom stereocenters. The van der Waals surface area contributed by atoms with Crippen molar-refractivity contribution in [3.63, 3.8) is 0 Å². The Morgan fingerprint density at radius 2 is 1.28 bits per heavy atom. The third kappa shape index (κ3) is 5.20. The number of hydrogen-bond acceptors (Lipinski definition) is 4. The van der Waals surface area contributed by atoms with Crippen LogP contribution < -0.4 is 10.6 Å². The number of pyridine rings is 1. The average Bonchev–Trinajstić information content (AvgIpc) is 3.70. The van der Waals surface area contributed by atoms with Gasteiger partial charge >= 0.3 is 6.03 Å². The maximum Gasteiger partial charge on any atom is 0.320 e. The molecule has 2 N–H and O–H groups in total. The van der Waals surface area contributed by atoms with Gasteiger partial charge in [-0.2, -0.15) is 10.2 Å². The van der Waals surface area contributed by atoms with Gasteiger partial charge in [0.05, 0.1) is 11.6 Å². The van der Waals surface area contributed by atoms with Gasteiger partial charge < -0.3 is 5.32 Å². The second kappa shape index (κ2) is 12.2. The van der Waals surface area contributed by atoms with Crippen molar-refractivity contribution in [2.24, 2.45) is 7.05 Å². The molecule has 0 bridgehead atoms. The molecule has 0 spiro atoms. The topological polar surface area (TPSA) is 89.7 Å². The number of fused-ring (bicyclic) bond motifs is 1. The lowest BCUT2D eigenvalue weighted by Gasteiger charge is -2.37. The first kappa shape index (κ1) is 28.7. The Kier molecular flexibility index (Phi) is 7.60. The Morgan fingerprint density at radius 3 is 1.80 bits per heavy atom. The van der Waals surface area contributed by atoms with Crippen LogP contribution in [0.25, 0.3) is 22.3 Å². The maximum absolute atomic E-state index is 13.2. The number of aryl methyl sites for hydroxylation is 1. The molecule has 4 aromatic carbocycles. The summed E-state index contributed by atoms with van der Waals surface area (Å²) in [6, 6.07) is 44.3. The van der Waals surface area contributed by atoms with Crippen LogP contribution in [0.4, 0.5) is 10.6 Å². The second-order valence-corrected chi connectivity index (χ2v) is 11.3. The van der Waals surface area contributed by atoms with Crippen LogP contribution in [0.3, 0.4) is 0 Å². The number of anilines is 1. The Morgan fingerprint density at radius 1 is 0.739 bits per heavy atom. The van der Waals surface area contributed by atoms with E-state index in [1.807, 2.05) is 117 Å². The lowest BCUT2D eigenvalue weighted by molar-refractivity contribution is 0.249. The van der Waals surface area contributed by atoms with Crippen LogP contribution in [0.1, 0.15) is 35.2 Å². The number of rotatable bonds is 8. The first-order valence-corrected chi connectivity index (χ1v) is 15.2. The smallest absolute Gasteiger partial charge is 0.320 e. The van der Waals surface area contributed by atoms with Crippen LogP contribution in [0, 0.1) is 0 Å². The molecule has 8 nitrogen and oxygen atoms in total. The van der Waals surface area contributed by atoms with E-state index in [0.29, 0.717) is 11.5 Å². The van der Waals surface area contributed by atoms with E-state index in [2.05, 4.69) is 56.7 Å². The number of nitrogens with zero attached hydrogens (tertiary/aromatic N) is 5. The lowest BCUT2D eigenvalue weighted by atomic mass is 9.77. The summed E-state index contributed by atoms with van der Waals surface area (Å²) in [7, 11) is 1.89. The van der Waals surface area contributed by atoms with Crippen LogP contribution in [0.2, 0.25) is 0 Å². The lowest BCUT2D eigenvalue weighted by Crippen LogP contribution is -2.38. The van der Waals surface area contributed by atoms with E-state index in [4.69, 9.17) is 10.2 Å². The fourth-order valence-electron chi connectivity index (χ4n) is 6.14. The minimum atomic E-state index is -0.877. The minimum absolute atomic E-state index is 0.187. The van der Waals surface area contributed by atoms with Gasteiger partial charge in [0.15, 0.2) is 0 Å². The largest absolute Gasteiger partial charge is 0.331 e. The normalized spacial score (nSPS) is 12.1. The Balaban J connectivity index is 1.45. The van der Waals surface area contributed by atoms with E-state index in [-0.39, 0.29) is 12.1 Å². The van der Waals surface area contributed by atoms with E-state index in [1.165, 1.54) is 0 Å². The third-order valence-electron chi connectivity index (χ3n) is 8.30. The summed E-state index contributed by atoms with van der Waals surface area (Å²) < 4.78 is 3.82. The zero-order valence-electron chi connectivity index (χ0n) is 25.6. The Hall–Kier alpha value is -6.02. The first-order chi connectivity index (χ1) is 22.5. The molecule has 3 heterocycles. The number of nitrogens with one attached hydrogen (secondary N) is 2. The van der Waals surface area contributed by atoms with Crippen LogP contribution in [0.5, 0.6) is 0 Å². The molecule has 0 aliphatic carbocycles. The number of carbonyl (C=O) groups excluding carboxylic acids is 1. The monoisotopic (exact) mass is 603 g/mol. The summed E-state index contributed by atoms with van der Waals surface area (Å²) in [5, 5.41) is 16.9. The van der Waals surface area contributed by atoms with Crippen LogP contribution in [-0.4, -0.2) is 30.6 Å². The maximum atomic E-state index is 13.2. The van der Waals surface area contributed by atoms with Crippen molar-refractivity contribution < 1.29 is 4.79 Å². The first-order valence-electron chi connectivity index (χ1n) is 15.2. The minimum Gasteiger partial charge on any atom is -0.331 e. The van der Waals surface area contributed by atoms with Crippen LogP contribution in [0.15, 0.2) is 146 Å². The van der Waals surface area contributed by atoms with Gasteiger partial charge in [0.2, 0.25) is 0 Å². The summed E-state index contributed by atoms with van der Waals surface area (Å²) in [6.45, 7) is 1.95. The molecular formula is C38H33N7O. The standard InChI is InChI=1S/C38H33N7O/c1-27(28-15-7-3-8-16-28)40-37(46)41-35-25-34-32(26-39-35)36(33-23-24-44(2)42-33)43-45(34)38(29-17-9-4-10-18-29,30-19-11-5-12-20-30)31-21-13-6-14-22-31/h3-27H,1-2H3,(H2,39,40,41,46). The van der Waals surface area contributed by atoms with Gasteiger partial charge in [0.25, 0.3) is 0 Å². The molecule has 46 heavy (non-hydrogen) atoms. The van der Waals surface area contributed by atoms with Crippen molar-refractivity contribution in [1.82, 2.24) is 29.9 Å². The van der Waals surface area contributed by atoms with Crippen molar-refractivity contribution in [2.45, 2.75) is 18.5 Å². The van der Waals surface area contributed by atoms with Gasteiger partial charge in [0, 0.05) is 30.9 Å². The summed E-state index contributed by atoms with van der Waals surface area (Å²) >= 11 is 0. The fraction of sp³-hybridized carbons (Fsp3) is 0.105. The quantitative estimate of drug-likeness (QED) is 0.176. The van der Waals surface area contributed by atoms with Crippen LogP contribution >= 0.6 is 0 Å². The summed E-state index contributed by atoms with van der Waals surface area (Å²) in [5.41, 5.74) is 5.45. The van der Waals surface area contributed by atoms with E-state index in [9.17, 15) is 4.79 Å². The van der Waals surface area contributed by atoms with E-state index in [1.54, 1.807) is 10.9 Å². The second-order valence-electron chi connectivity index (χ2n) is 11.3. The predicted octanol–water partition coefficient (Wildman–Crippen LogP) is 7.55. The number of urea groups is 1. The fourth-order valence-corrected chi connectivity index (χ4v) is 6.14. The predicted molar refractivity (Wildman–Crippen MR) is 181 cm³/mol. The summed E-state index contributed by atoms with van der Waals surface area (Å²) in [5.74, 6) is 0.405. The van der Waals surface area contributed by atoms with Crippen molar-refractivity contribution in [1.29, 1.82) is 0 Å². The number of aromatic nitrogens is 5. The molecule has 0 fully saturated rings. The molecule has 7 rings (SSSR count). The van der Waals surface area contributed by atoms with Gasteiger partial charge in [-0.05, 0) is 35.2 Å². The summed E-state index contributed by atoms with van der Waals surface area (Å²) in [4.78, 5) is 17.9. The SMILES string of the molecule is CC(NC(=O)Nc1cc2c(cn1)c(-c1ccn(C)n1)nn2C(c1ccccc1)(c1ccccc1)c1ccccc1)c1ccccc1. The highest BCUT2D eigenvalue weighted by Gasteiger charge is 2.41. The molecular weight excluding hydrogens is 570 g/mol. The van der Waals surface area contributed by atoms with E-state index in [0.717, 1.165) is 38.9 Å². The molecule has 3 aromatic heterocycles. The highest BCUT2D eigenvalue weighted by Crippen LogP contribution is 2.44. The number of amides is 2. The molecule has 226 valence electrons. The molecule has 0 aliphatic heterocycles. The van der Waals surface area contributed by atoms with Crippen molar-refractivity contribution in [2.75, 3.05) is 5.32 Å². The number of hydrogen-bond donors (Lipinski definition) is 2. The highest BCUT2D eigenvalue weighted by atomic mass is 16.2. The van der Waals surface area contributed by atoms with Gasteiger partial charge in [-0.15, -0.1) is 0 Å². The third-order valence-corrected chi connectivity index (χ3v) is 8.30. The van der Waals surface area contributed by atoms with Crippen LogP contribution in [-0.2, 0) is 12.6 Å². The number of benzene rings is 4. The van der Waals surface area contributed by atoms with Gasteiger partial charge in [0.1, 0.15) is 22.7 Å². The molecule has 2 amide bonds. The number of carbonyl (C=O) groups is 1. The Bertz CT molecular complexity index is 1990. The Labute approximate surface area is 267 Å². The van der Waals surface area contributed by atoms with Crippen molar-refractivity contribution >= 4 is 22.8 Å². The molecule has 0 aliphatic rings. The summed E-state index contributed by atoms with van der Waals surface area (Å²) in [6.07, 6.45) is 3.67. The van der Waals surface area contributed by atoms with Crippen molar-refractivity contribution in [3.8, 4) is 11.4 Å². The zero-order valence-corrected chi connectivity index (χ0v) is 25.6. The molecule has 8 heteroatoms. The molecule has 0 radical (unpaired) electrons.